The van der Waals surface area contributed by atoms with E-state index in [-0.39, 0.29) is 5.75 Å². The molecule has 10 heteroatoms. The summed E-state index contributed by atoms with van der Waals surface area (Å²) in [6.45, 7) is 1.83. The maximum absolute atomic E-state index is 11.6. The molecule has 0 fully saturated rings. The number of anilines is 3. The number of hydrogen-bond acceptors (Lipinski definition) is 7. The van der Waals surface area contributed by atoms with Gasteiger partial charge in [0.1, 0.15) is 5.82 Å². The van der Waals surface area contributed by atoms with E-state index >= 15 is 0 Å². The minimum atomic E-state index is -3.39. The van der Waals surface area contributed by atoms with E-state index in [9.17, 15) is 13.5 Å². The Labute approximate surface area is 179 Å². The van der Waals surface area contributed by atoms with Gasteiger partial charge in [-0.1, -0.05) is 12.1 Å². The Bertz CT molecular complexity index is 1380. The van der Waals surface area contributed by atoms with Crippen molar-refractivity contribution in [2.45, 2.75) is 6.92 Å². The predicted octanol–water partition coefficient (Wildman–Crippen LogP) is 3.53. The third-order valence-electron chi connectivity index (χ3n) is 4.67. The Hall–Kier alpha value is -3.79. The molecule has 4 rings (SSSR count). The number of aromatic hydroxyl groups is 1. The van der Waals surface area contributed by atoms with Crippen LogP contribution in [0.2, 0.25) is 0 Å². The Balaban J connectivity index is 1.69. The van der Waals surface area contributed by atoms with Gasteiger partial charge in [0.15, 0.2) is 17.1 Å². The molecule has 9 nitrogen and oxygen atoms in total. The Morgan fingerprint density at radius 2 is 1.94 bits per heavy atom. The van der Waals surface area contributed by atoms with E-state index in [1.807, 2.05) is 19.1 Å². The lowest BCUT2D eigenvalue weighted by Gasteiger charge is -2.12. The molecular weight excluding hydrogens is 418 g/mol. The van der Waals surface area contributed by atoms with E-state index in [0.29, 0.717) is 28.6 Å². The largest absolute Gasteiger partial charge is 0.504 e. The first-order valence-electron chi connectivity index (χ1n) is 9.31. The van der Waals surface area contributed by atoms with Crippen molar-refractivity contribution in [3.05, 3.63) is 60.4 Å². The number of methoxy groups -OCH3 is 1. The smallest absolute Gasteiger partial charge is 0.229 e. The molecule has 0 bridgehead atoms. The van der Waals surface area contributed by atoms with Crippen molar-refractivity contribution >= 4 is 32.9 Å². The van der Waals surface area contributed by atoms with E-state index in [1.54, 1.807) is 47.2 Å². The van der Waals surface area contributed by atoms with Gasteiger partial charge in [-0.05, 0) is 48.4 Å². The SMILES string of the molecule is COc1cc(-c2cnn3ccc(Nc4ccc(C)c(NS(C)(=O)=O)c4)nc23)ccc1O. The zero-order valence-corrected chi connectivity index (χ0v) is 17.9. The Kier molecular flexibility index (Phi) is 5.15. The second-order valence-corrected chi connectivity index (χ2v) is 8.80. The molecule has 160 valence electrons. The van der Waals surface area contributed by atoms with Crippen LogP contribution in [0.1, 0.15) is 5.56 Å². The van der Waals surface area contributed by atoms with Crippen LogP contribution in [0.5, 0.6) is 11.5 Å². The average Bonchev–Trinajstić information content (AvgIpc) is 3.13. The maximum atomic E-state index is 11.6. The molecule has 4 aromatic rings. The average molecular weight is 439 g/mol. The molecule has 0 radical (unpaired) electrons. The number of hydrogen-bond donors (Lipinski definition) is 3. The standard InChI is InChI=1S/C21H21N5O4S/c1-13-4-6-15(11-17(13)25-31(3,28)29)23-20-8-9-26-21(24-20)16(12-22-26)14-5-7-18(27)19(10-14)30-2/h4-12,25,27H,1-3H3,(H,23,24). The van der Waals surface area contributed by atoms with Crippen molar-refractivity contribution < 1.29 is 18.3 Å². The van der Waals surface area contributed by atoms with Gasteiger partial charge in [-0.3, -0.25) is 4.72 Å². The van der Waals surface area contributed by atoms with Crippen LogP contribution in [0, 0.1) is 6.92 Å². The molecule has 0 unspecified atom stereocenters. The third-order valence-corrected chi connectivity index (χ3v) is 5.26. The summed E-state index contributed by atoms with van der Waals surface area (Å²) >= 11 is 0. The zero-order chi connectivity index (χ0) is 22.2. The first kappa shape index (κ1) is 20.5. The van der Waals surface area contributed by atoms with Gasteiger partial charge in [-0.25, -0.2) is 17.9 Å². The fourth-order valence-electron chi connectivity index (χ4n) is 3.14. The number of sulfonamides is 1. The number of fused-ring (bicyclic) bond motifs is 1. The maximum Gasteiger partial charge on any atom is 0.229 e. The molecule has 0 amide bonds. The normalized spacial score (nSPS) is 11.5. The summed E-state index contributed by atoms with van der Waals surface area (Å²) in [4.78, 5) is 4.66. The second-order valence-electron chi connectivity index (χ2n) is 7.05. The number of aryl methyl sites for hydroxylation is 1. The summed E-state index contributed by atoms with van der Waals surface area (Å²) in [6.07, 6.45) is 4.58. The van der Waals surface area contributed by atoms with Crippen molar-refractivity contribution in [2.75, 3.05) is 23.4 Å². The zero-order valence-electron chi connectivity index (χ0n) is 17.1. The highest BCUT2D eigenvalue weighted by Crippen LogP contribution is 2.33. The molecule has 0 aliphatic rings. The quantitative estimate of drug-likeness (QED) is 0.421. The minimum Gasteiger partial charge on any atom is -0.504 e. The highest BCUT2D eigenvalue weighted by atomic mass is 32.2. The lowest BCUT2D eigenvalue weighted by Crippen LogP contribution is -2.10. The summed E-state index contributed by atoms with van der Waals surface area (Å²) in [7, 11) is -1.90. The van der Waals surface area contributed by atoms with Crippen LogP contribution in [0.25, 0.3) is 16.8 Å². The van der Waals surface area contributed by atoms with Crippen LogP contribution in [-0.2, 0) is 10.0 Å². The summed E-state index contributed by atoms with van der Waals surface area (Å²) in [5.41, 5.74) is 4.16. The number of phenols is 1. The highest BCUT2D eigenvalue weighted by Gasteiger charge is 2.12. The van der Waals surface area contributed by atoms with Crippen LogP contribution >= 0.6 is 0 Å². The van der Waals surface area contributed by atoms with Crippen molar-refractivity contribution in [2.24, 2.45) is 0 Å². The third kappa shape index (κ3) is 4.38. The van der Waals surface area contributed by atoms with Gasteiger partial charge < -0.3 is 15.2 Å². The summed E-state index contributed by atoms with van der Waals surface area (Å²) < 4.78 is 32.6. The molecule has 0 spiro atoms. The molecule has 2 heterocycles. The van der Waals surface area contributed by atoms with Gasteiger partial charge in [-0.15, -0.1) is 0 Å². The van der Waals surface area contributed by atoms with E-state index in [0.717, 1.165) is 22.9 Å². The van der Waals surface area contributed by atoms with Crippen molar-refractivity contribution in [3.8, 4) is 22.6 Å². The Morgan fingerprint density at radius 1 is 1.13 bits per heavy atom. The van der Waals surface area contributed by atoms with Crippen LogP contribution in [0.3, 0.4) is 0 Å². The monoisotopic (exact) mass is 439 g/mol. The summed E-state index contributed by atoms with van der Waals surface area (Å²) in [5, 5.41) is 17.4. The fraction of sp³-hybridized carbons (Fsp3) is 0.143. The molecule has 0 saturated carbocycles. The van der Waals surface area contributed by atoms with Crippen LogP contribution in [0.4, 0.5) is 17.2 Å². The fourth-order valence-corrected chi connectivity index (χ4v) is 3.76. The van der Waals surface area contributed by atoms with E-state index in [4.69, 9.17) is 4.74 Å². The molecule has 0 aliphatic carbocycles. The topological polar surface area (TPSA) is 118 Å². The van der Waals surface area contributed by atoms with Crippen LogP contribution < -0.4 is 14.8 Å². The summed E-state index contributed by atoms with van der Waals surface area (Å²) in [6, 6.07) is 12.2. The first-order valence-corrected chi connectivity index (χ1v) is 11.2. The highest BCUT2D eigenvalue weighted by molar-refractivity contribution is 7.92. The van der Waals surface area contributed by atoms with Crippen LogP contribution in [0.15, 0.2) is 54.9 Å². The molecule has 2 aromatic carbocycles. The van der Waals surface area contributed by atoms with Gasteiger partial charge in [0.2, 0.25) is 10.0 Å². The number of ether oxygens (including phenoxy) is 1. The first-order chi connectivity index (χ1) is 14.7. The van der Waals surface area contributed by atoms with Gasteiger partial charge in [0.05, 0.1) is 25.2 Å². The van der Waals surface area contributed by atoms with E-state index in [1.165, 1.54) is 7.11 Å². The van der Waals surface area contributed by atoms with Crippen LogP contribution in [-0.4, -0.2) is 41.5 Å². The van der Waals surface area contributed by atoms with Crippen molar-refractivity contribution in [1.82, 2.24) is 14.6 Å². The molecule has 3 N–H and O–H groups in total. The predicted molar refractivity (Wildman–Crippen MR) is 120 cm³/mol. The Morgan fingerprint density at radius 3 is 2.68 bits per heavy atom. The number of nitrogens with one attached hydrogen (secondary N) is 2. The van der Waals surface area contributed by atoms with Crippen molar-refractivity contribution in [1.29, 1.82) is 0 Å². The van der Waals surface area contributed by atoms with Crippen molar-refractivity contribution in [3.63, 3.8) is 0 Å². The number of nitrogens with zero attached hydrogens (tertiary/aromatic N) is 3. The number of rotatable bonds is 6. The van der Waals surface area contributed by atoms with E-state index in [2.05, 4.69) is 20.1 Å². The number of benzene rings is 2. The van der Waals surface area contributed by atoms with Gasteiger partial charge in [0, 0.05) is 17.4 Å². The molecule has 0 atom stereocenters. The molecule has 0 saturated heterocycles. The summed E-state index contributed by atoms with van der Waals surface area (Å²) in [5.74, 6) is 0.974. The van der Waals surface area contributed by atoms with Gasteiger partial charge >= 0.3 is 0 Å². The molecular formula is C21H21N5O4S. The molecule has 0 aliphatic heterocycles. The van der Waals surface area contributed by atoms with Gasteiger partial charge in [-0.2, -0.15) is 5.10 Å². The number of aromatic nitrogens is 3. The second kappa shape index (κ2) is 7.80. The van der Waals surface area contributed by atoms with Gasteiger partial charge in [0.25, 0.3) is 0 Å². The lowest BCUT2D eigenvalue weighted by atomic mass is 10.1. The minimum absolute atomic E-state index is 0.0518. The lowest BCUT2D eigenvalue weighted by molar-refractivity contribution is 0.373. The molecule has 2 aromatic heterocycles. The molecule has 31 heavy (non-hydrogen) atoms. The van der Waals surface area contributed by atoms with E-state index < -0.39 is 10.0 Å². The number of phenolic OH excluding ortho intramolecular Hbond substituents is 1.